The molecule has 132 valence electrons. The molecule has 0 spiro atoms. The third-order valence-corrected chi connectivity index (χ3v) is 5.78. The Balaban J connectivity index is 1.53. The summed E-state index contributed by atoms with van der Waals surface area (Å²) in [5.41, 5.74) is 1.70. The van der Waals surface area contributed by atoms with Gasteiger partial charge in [-0.1, -0.05) is 18.6 Å². The van der Waals surface area contributed by atoms with Crippen LogP contribution in [-0.4, -0.2) is 42.8 Å². The smallest absolute Gasteiger partial charge is 0.251 e. The molecule has 5 heteroatoms. The van der Waals surface area contributed by atoms with Crippen molar-refractivity contribution in [3.05, 3.63) is 46.8 Å². The summed E-state index contributed by atoms with van der Waals surface area (Å²) in [4.78, 5) is 27.9. The zero-order valence-electron chi connectivity index (χ0n) is 14.6. The van der Waals surface area contributed by atoms with Gasteiger partial charge in [-0.15, -0.1) is 11.3 Å². The predicted molar refractivity (Wildman–Crippen MR) is 102 cm³/mol. The van der Waals surface area contributed by atoms with Crippen LogP contribution in [0, 0.1) is 0 Å². The van der Waals surface area contributed by atoms with Gasteiger partial charge in [0, 0.05) is 23.5 Å². The third kappa shape index (κ3) is 4.77. The first kappa shape index (κ1) is 17.8. The third-order valence-electron chi connectivity index (χ3n) is 4.55. The molecular weight excluding hydrogens is 332 g/mol. The SMILES string of the molecule is CC(=O)c1ccc(-c2ccc(C(=O)NCCN3CCCCC3)cc2)s1. The number of thiophene rings is 1. The summed E-state index contributed by atoms with van der Waals surface area (Å²) in [6.45, 7) is 5.48. The molecule has 1 fully saturated rings. The first-order chi connectivity index (χ1) is 12.1. The number of benzene rings is 1. The lowest BCUT2D eigenvalue weighted by molar-refractivity contribution is 0.0945. The molecule has 1 aromatic heterocycles. The summed E-state index contributed by atoms with van der Waals surface area (Å²) >= 11 is 1.48. The number of piperidine rings is 1. The normalized spacial score (nSPS) is 15.1. The van der Waals surface area contributed by atoms with Gasteiger partial charge in [0.1, 0.15) is 0 Å². The van der Waals surface area contributed by atoms with Crippen molar-refractivity contribution in [2.45, 2.75) is 26.2 Å². The van der Waals surface area contributed by atoms with Crippen LogP contribution < -0.4 is 5.32 Å². The average molecular weight is 356 g/mol. The number of ketones is 1. The fourth-order valence-corrected chi connectivity index (χ4v) is 3.99. The lowest BCUT2D eigenvalue weighted by atomic mass is 10.1. The Morgan fingerprint density at radius 2 is 1.76 bits per heavy atom. The second kappa shape index (κ2) is 8.41. The molecule has 1 aliphatic heterocycles. The van der Waals surface area contributed by atoms with Crippen molar-refractivity contribution >= 4 is 23.0 Å². The molecule has 0 radical (unpaired) electrons. The molecule has 1 aliphatic rings. The van der Waals surface area contributed by atoms with E-state index in [1.54, 1.807) is 6.92 Å². The summed E-state index contributed by atoms with van der Waals surface area (Å²) in [6, 6.07) is 11.4. The van der Waals surface area contributed by atoms with Crippen molar-refractivity contribution in [1.82, 2.24) is 10.2 Å². The number of carbonyl (C=O) groups excluding carboxylic acids is 2. The van der Waals surface area contributed by atoms with E-state index in [2.05, 4.69) is 10.2 Å². The van der Waals surface area contributed by atoms with Gasteiger partial charge < -0.3 is 10.2 Å². The first-order valence-electron chi connectivity index (χ1n) is 8.85. The molecule has 1 amide bonds. The Bertz CT molecular complexity index is 730. The minimum atomic E-state index is -0.0286. The summed E-state index contributed by atoms with van der Waals surface area (Å²) < 4.78 is 0. The summed E-state index contributed by atoms with van der Waals surface area (Å²) in [7, 11) is 0. The van der Waals surface area contributed by atoms with Crippen molar-refractivity contribution < 1.29 is 9.59 Å². The molecule has 0 atom stereocenters. The quantitative estimate of drug-likeness (QED) is 0.800. The standard InChI is InChI=1S/C20H24N2O2S/c1-15(23)18-9-10-19(25-18)16-5-7-17(8-6-16)20(24)21-11-14-22-12-3-2-4-13-22/h5-10H,2-4,11-14H2,1H3,(H,21,24). The summed E-state index contributed by atoms with van der Waals surface area (Å²) in [6.07, 6.45) is 3.86. The second-order valence-electron chi connectivity index (χ2n) is 6.46. The van der Waals surface area contributed by atoms with E-state index in [9.17, 15) is 9.59 Å². The Hall–Kier alpha value is -1.98. The van der Waals surface area contributed by atoms with Gasteiger partial charge in [0.25, 0.3) is 5.91 Å². The molecule has 0 saturated carbocycles. The Morgan fingerprint density at radius 1 is 1.04 bits per heavy atom. The zero-order chi connectivity index (χ0) is 17.6. The number of hydrogen-bond donors (Lipinski definition) is 1. The second-order valence-corrected chi connectivity index (χ2v) is 7.54. The first-order valence-corrected chi connectivity index (χ1v) is 9.67. The van der Waals surface area contributed by atoms with Gasteiger partial charge in [0.15, 0.2) is 5.78 Å². The molecule has 25 heavy (non-hydrogen) atoms. The fraction of sp³-hybridized carbons (Fsp3) is 0.400. The molecule has 0 aliphatic carbocycles. The highest BCUT2D eigenvalue weighted by Gasteiger charge is 2.11. The lowest BCUT2D eigenvalue weighted by Gasteiger charge is -2.26. The zero-order valence-corrected chi connectivity index (χ0v) is 15.4. The van der Waals surface area contributed by atoms with Crippen molar-refractivity contribution in [3.8, 4) is 10.4 Å². The van der Waals surface area contributed by atoms with Crippen molar-refractivity contribution in [2.24, 2.45) is 0 Å². The topological polar surface area (TPSA) is 49.4 Å². The van der Waals surface area contributed by atoms with Crippen LogP contribution in [0.2, 0.25) is 0 Å². The van der Waals surface area contributed by atoms with Crippen LogP contribution in [0.4, 0.5) is 0 Å². The summed E-state index contributed by atoms with van der Waals surface area (Å²) in [5.74, 6) is 0.0557. The molecule has 1 saturated heterocycles. The minimum absolute atomic E-state index is 0.0286. The Labute approximate surface area is 152 Å². The molecule has 2 aromatic rings. The van der Waals surface area contributed by atoms with Crippen LogP contribution in [-0.2, 0) is 0 Å². The number of carbonyl (C=O) groups is 2. The van der Waals surface area contributed by atoms with E-state index in [1.807, 2.05) is 36.4 Å². The molecule has 0 unspecified atom stereocenters. The van der Waals surface area contributed by atoms with Crippen molar-refractivity contribution in [1.29, 1.82) is 0 Å². The van der Waals surface area contributed by atoms with E-state index in [1.165, 1.54) is 30.6 Å². The fourth-order valence-electron chi connectivity index (χ4n) is 3.08. The van der Waals surface area contributed by atoms with E-state index in [4.69, 9.17) is 0 Å². The Kier molecular flexibility index (Phi) is 6.00. The molecule has 1 aromatic carbocycles. The van der Waals surface area contributed by atoms with Gasteiger partial charge in [0.05, 0.1) is 4.88 Å². The van der Waals surface area contributed by atoms with Gasteiger partial charge in [-0.2, -0.15) is 0 Å². The number of hydrogen-bond acceptors (Lipinski definition) is 4. The van der Waals surface area contributed by atoms with Crippen molar-refractivity contribution in [3.63, 3.8) is 0 Å². The highest BCUT2D eigenvalue weighted by molar-refractivity contribution is 7.17. The van der Waals surface area contributed by atoms with Gasteiger partial charge in [0.2, 0.25) is 0 Å². The van der Waals surface area contributed by atoms with Gasteiger partial charge in [-0.25, -0.2) is 0 Å². The summed E-state index contributed by atoms with van der Waals surface area (Å²) in [5, 5.41) is 3.00. The van der Waals surface area contributed by atoms with Crippen molar-refractivity contribution in [2.75, 3.05) is 26.2 Å². The maximum atomic E-state index is 12.3. The number of nitrogens with one attached hydrogen (secondary N) is 1. The predicted octanol–water partition coefficient (Wildman–Crippen LogP) is 3.83. The number of amides is 1. The van der Waals surface area contributed by atoms with E-state index < -0.39 is 0 Å². The van der Waals surface area contributed by atoms with Gasteiger partial charge in [-0.05, 0) is 62.7 Å². The van der Waals surface area contributed by atoms with Crippen LogP contribution >= 0.6 is 11.3 Å². The Morgan fingerprint density at radius 3 is 2.40 bits per heavy atom. The molecular formula is C20H24N2O2S. The van der Waals surface area contributed by atoms with Gasteiger partial charge >= 0.3 is 0 Å². The minimum Gasteiger partial charge on any atom is -0.351 e. The maximum Gasteiger partial charge on any atom is 0.251 e. The van der Waals surface area contributed by atoms with Crippen LogP contribution in [0.15, 0.2) is 36.4 Å². The molecule has 1 N–H and O–H groups in total. The van der Waals surface area contributed by atoms with E-state index in [-0.39, 0.29) is 11.7 Å². The van der Waals surface area contributed by atoms with Crippen LogP contribution in [0.5, 0.6) is 0 Å². The van der Waals surface area contributed by atoms with Crippen LogP contribution in [0.25, 0.3) is 10.4 Å². The molecule has 4 nitrogen and oxygen atoms in total. The lowest BCUT2D eigenvalue weighted by Crippen LogP contribution is -2.37. The maximum absolute atomic E-state index is 12.3. The van der Waals surface area contributed by atoms with E-state index in [0.717, 1.165) is 35.0 Å². The van der Waals surface area contributed by atoms with Crippen LogP contribution in [0.3, 0.4) is 0 Å². The number of Topliss-reactive ketones (excluding diaryl/α,β-unsaturated/α-hetero) is 1. The van der Waals surface area contributed by atoms with Gasteiger partial charge in [-0.3, -0.25) is 9.59 Å². The number of rotatable bonds is 6. The highest BCUT2D eigenvalue weighted by Crippen LogP contribution is 2.28. The molecule has 3 rings (SSSR count). The number of nitrogens with zero attached hydrogens (tertiary/aromatic N) is 1. The van der Waals surface area contributed by atoms with E-state index >= 15 is 0 Å². The molecule has 0 bridgehead atoms. The largest absolute Gasteiger partial charge is 0.351 e. The number of likely N-dealkylation sites (tertiary alicyclic amines) is 1. The molecule has 2 heterocycles. The van der Waals surface area contributed by atoms with Crippen LogP contribution in [0.1, 0.15) is 46.2 Å². The average Bonchev–Trinajstić information content (AvgIpc) is 3.13. The monoisotopic (exact) mass is 356 g/mol. The highest BCUT2D eigenvalue weighted by atomic mass is 32.1. The van der Waals surface area contributed by atoms with E-state index in [0.29, 0.717) is 12.1 Å².